The van der Waals surface area contributed by atoms with E-state index in [-0.39, 0.29) is 48.3 Å². The van der Waals surface area contributed by atoms with E-state index in [1.807, 2.05) is 24.3 Å². The van der Waals surface area contributed by atoms with E-state index in [1.165, 1.54) is 6.08 Å². The molecule has 1 aromatic heterocycles. The molecule has 5 rings (SSSR count). The van der Waals surface area contributed by atoms with Gasteiger partial charge in [0, 0.05) is 29.8 Å². The maximum absolute atomic E-state index is 14.5. The first kappa shape index (κ1) is 28.8. The monoisotopic (exact) mass is 631 g/mol. The summed E-state index contributed by atoms with van der Waals surface area (Å²) in [6, 6.07) is 6.77. The molecule has 4 heterocycles. The topological polar surface area (TPSA) is 118 Å². The second-order valence-corrected chi connectivity index (χ2v) is 13.2. The molecule has 1 spiro atoms. The molecule has 6 atom stereocenters. The summed E-state index contributed by atoms with van der Waals surface area (Å²) in [5, 5.41) is 17.6. The van der Waals surface area contributed by atoms with Crippen molar-refractivity contribution in [1.29, 1.82) is 0 Å². The first-order valence-electron chi connectivity index (χ1n) is 13.6. The van der Waals surface area contributed by atoms with E-state index in [1.54, 1.807) is 32.3 Å². The molecule has 214 valence electrons. The third kappa shape index (κ3) is 4.87. The van der Waals surface area contributed by atoms with Gasteiger partial charge in [-0.05, 0) is 37.8 Å². The SMILES string of the molecule is C=CCOC(=O)[C@H]1[C@H]2C(=O)N(CCCCCO)C(C(=O)N(CC=C)Cn3nnc4ccccc43)C23CC(Br)[C@@H]1S3. The van der Waals surface area contributed by atoms with Gasteiger partial charge in [0.15, 0.2) is 0 Å². The van der Waals surface area contributed by atoms with Crippen LogP contribution in [0.3, 0.4) is 0 Å². The second-order valence-electron chi connectivity index (χ2n) is 10.5. The number of hydrogen-bond acceptors (Lipinski definition) is 8. The number of rotatable bonds is 13. The van der Waals surface area contributed by atoms with E-state index >= 15 is 0 Å². The van der Waals surface area contributed by atoms with Crippen molar-refractivity contribution in [1.82, 2.24) is 24.8 Å². The standard InChI is InChI=1S/C28H34BrN5O5S/c1-3-12-32(17-34-20-11-7-6-10-19(20)30-31-34)26(37)24-28-16-18(29)23(40-28)21(27(38)39-15-4-2)22(28)25(36)33(24)13-8-5-9-14-35/h3-4,6-7,10-11,18,21-24,35H,1-2,5,8-9,12-17H2/t18?,21-,22-,23-,24?,28?/m0/s1. The number of aliphatic hydroxyl groups excluding tert-OH is 1. The molecule has 0 aliphatic carbocycles. The third-order valence-electron chi connectivity index (χ3n) is 8.08. The zero-order chi connectivity index (χ0) is 28.4. The lowest BCUT2D eigenvalue weighted by atomic mass is 9.71. The number of para-hydroxylation sites is 1. The van der Waals surface area contributed by atoms with Crippen LogP contribution >= 0.6 is 27.7 Å². The van der Waals surface area contributed by atoms with Crippen molar-refractivity contribution >= 4 is 56.5 Å². The quantitative estimate of drug-likeness (QED) is 0.155. The Morgan fingerprint density at radius 1 is 1.25 bits per heavy atom. The normalized spacial score (nSPS) is 28.6. The number of thioether (sulfide) groups is 1. The smallest absolute Gasteiger partial charge is 0.311 e. The number of carbonyl (C=O) groups excluding carboxylic acids is 3. The van der Waals surface area contributed by atoms with Crippen molar-refractivity contribution in [2.75, 3.05) is 26.3 Å². The highest BCUT2D eigenvalue weighted by molar-refractivity contribution is 9.09. The number of hydrogen-bond donors (Lipinski definition) is 1. The Morgan fingerprint density at radius 2 is 2.05 bits per heavy atom. The minimum absolute atomic E-state index is 0.0421. The van der Waals surface area contributed by atoms with Crippen molar-refractivity contribution in [3.63, 3.8) is 0 Å². The van der Waals surface area contributed by atoms with Crippen LogP contribution in [0.2, 0.25) is 0 Å². The Hall–Kier alpha value is -2.70. The molecule has 1 N–H and O–H groups in total. The number of halogens is 1. The van der Waals surface area contributed by atoms with Gasteiger partial charge >= 0.3 is 5.97 Å². The summed E-state index contributed by atoms with van der Waals surface area (Å²) in [5.74, 6) is -2.11. The van der Waals surface area contributed by atoms with Crippen molar-refractivity contribution < 1.29 is 24.2 Å². The van der Waals surface area contributed by atoms with Gasteiger partial charge in [-0.2, -0.15) is 0 Å². The number of alkyl halides is 1. The van der Waals surface area contributed by atoms with Gasteiger partial charge in [0.05, 0.1) is 22.1 Å². The Bertz CT molecular complexity index is 1300. The van der Waals surface area contributed by atoms with E-state index in [0.29, 0.717) is 25.8 Å². The van der Waals surface area contributed by atoms with E-state index in [9.17, 15) is 19.5 Å². The number of carbonyl (C=O) groups is 3. The van der Waals surface area contributed by atoms with Crippen molar-refractivity contribution in [2.24, 2.45) is 11.8 Å². The summed E-state index contributed by atoms with van der Waals surface area (Å²) < 4.78 is 6.36. The van der Waals surface area contributed by atoms with Crippen LogP contribution in [0.4, 0.5) is 0 Å². The predicted octanol–water partition coefficient (Wildman–Crippen LogP) is 2.76. The van der Waals surface area contributed by atoms with Crippen molar-refractivity contribution in [3.05, 3.63) is 49.6 Å². The maximum Gasteiger partial charge on any atom is 0.311 e. The number of benzene rings is 1. The highest BCUT2D eigenvalue weighted by Crippen LogP contribution is 2.68. The largest absolute Gasteiger partial charge is 0.461 e. The van der Waals surface area contributed by atoms with E-state index < -0.39 is 28.6 Å². The molecule has 2 bridgehead atoms. The number of fused-ring (bicyclic) bond motifs is 2. The zero-order valence-electron chi connectivity index (χ0n) is 22.2. The number of aromatic nitrogens is 3. The summed E-state index contributed by atoms with van der Waals surface area (Å²) in [7, 11) is 0. The summed E-state index contributed by atoms with van der Waals surface area (Å²) in [6.07, 6.45) is 5.75. The number of esters is 1. The Labute approximate surface area is 245 Å². The van der Waals surface area contributed by atoms with Crippen LogP contribution in [0, 0.1) is 11.8 Å². The van der Waals surface area contributed by atoms with Crippen LogP contribution < -0.4 is 0 Å². The summed E-state index contributed by atoms with van der Waals surface area (Å²) in [4.78, 5) is 45.2. The second kappa shape index (κ2) is 12.0. The highest BCUT2D eigenvalue weighted by atomic mass is 79.9. The van der Waals surface area contributed by atoms with Gasteiger partial charge in [0.2, 0.25) is 11.8 Å². The molecule has 2 aromatic rings. The molecule has 10 nitrogen and oxygen atoms in total. The van der Waals surface area contributed by atoms with Crippen LogP contribution in [0.1, 0.15) is 25.7 Å². The third-order valence-corrected chi connectivity index (χ3v) is 11.3. The minimum Gasteiger partial charge on any atom is -0.461 e. The summed E-state index contributed by atoms with van der Waals surface area (Å²) in [6.45, 7) is 8.41. The molecule has 3 aliphatic heterocycles. The van der Waals surface area contributed by atoms with Crippen LogP contribution in [0.15, 0.2) is 49.6 Å². The van der Waals surface area contributed by atoms with E-state index in [4.69, 9.17) is 4.74 Å². The molecule has 3 fully saturated rings. The lowest BCUT2D eigenvalue weighted by Crippen LogP contribution is -2.55. The van der Waals surface area contributed by atoms with Gasteiger partial charge in [0.1, 0.15) is 24.8 Å². The maximum atomic E-state index is 14.5. The van der Waals surface area contributed by atoms with Crippen molar-refractivity contribution in [3.8, 4) is 0 Å². The average molecular weight is 633 g/mol. The van der Waals surface area contributed by atoms with Gasteiger partial charge < -0.3 is 19.6 Å². The zero-order valence-corrected chi connectivity index (χ0v) is 24.6. The van der Waals surface area contributed by atoms with Crippen LogP contribution in [0.25, 0.3) is 11.0 Å². The fourth-order valence-electron chi connectivity index (χ4n) is 6.46. The molecule has 2 amide bonds. The molecule has 0 saturated carbocycles. The van der Waals surface area contributed by atoms with Crippen LogP contribution in [-0.4, -0.2) is 94.9 Å². The summed E-state index contributed by atoms with van der Waals surface area (Å²) in [5.41, 5.74) is 1.52. The molecule has 3 saturated heterocycles. The van der Waals surface area contributed by atoms with Crippen LogP contribution in [-0.2, 0) is 25.8 Å². The van der Waals surface area contributed by atoms with Crippen LogP contribution in [0.5, 0.6) is 0 Å². The number of aliphatic hydroxyl groups is 1. The minimum atomic E-state index is -0.772. The predicted molar refractivity (Wildman–Crippen MR) is 155 cm³/mol. The molecule has 12 heteroatoms. The molecular weight excluding hydrogens is 598 g/mol. The van der Waals surface area contributed by atoms with E-state index in [2.05, 4.69) is 39.4 Å². The lowest BCUT2D eigenvalue weighted by molar-refractivity contribution is -0.153. The summed E-state index contributed by atoms with van der Waals surface area (Å²) >= 11 is 5.34. The molecule has 0 radical (unpaired) electrons. The number of amides is 2. The highest BCUT2D eigenvalue weighted by Gasteiger charge is 2.76. The first-order valence-corrected chi connectivity index (χ1v) is 15.4. The van der Waals surface area contributed by atoms with Gasteiger partial charge in [-0.25, -0.2) is 4.68 Å². The average Bonchev–Trinajstić information content (AvgIpc) is 3.66. The van der Waals surface area contributed by atoms with Crippen molar-refractivity contribution in [2.45, 2.75) is 53.2 Å². The van der Waals surface area contributed by atoms with Gasteiger partial charge in [0.25, 0.3) is 0 Å². The molecule has 3 aliphatic rings. The fraction of sp³-hybridized carbons (Fsp3) is 0.536. The molecule has 40 heavy (non-hydrogen) atoms. The number of likely N-dealkylation sites (tertiary alicyclic amines) is 1. The number of nitrogens with zero attached hydrogens (tertiary/aromatic N) is 5. The number of ether oxygens (including phenoxy) is 1. The van der Waals surface area contributed by atoms with Gasteiger partial charge in [-0.1, -0.05) is 52.0 Å². The fourth-order valence-corrected chi connectivity index (χ4v) is 10.1. The molecule has 3 unspecified atom stereocenters. The lowest BCUT2D eigenvalue weighted by Gasteiger charge is -2.37. The van der Waals surface area contributed by atoms with Gasteiger partial charge in [-0.15, -0.1) is 23.4 Å². The van der Waals surface area contributed by atoms with E-state index in [0.717, 1.165) is 17.5 Å². The molecular formula is C28H34BrN5O5S. The molecule has 1 aromatic carbocycles. The Balaban J connectivity index is 1.50. The first-order chi connectivity index (χ1) is 19.4. The Morgan fingerprint density at radius 3 is 2.80 bits per heavy atom. The Kier molecular flexibility index (Phi) is 8.67. The number of unbranched alkanes of at least 4 members (excludes halogenated alkanes) is 2. The van der Waals surface area contributed by atoms with Gasteiger partial charge in [-0.3, -0.25) is 14.4 Å².